The van der Waals surface area contributed by atoms with Crippen molar-refractivity contribution in [1.82, 2.24) is 10.3 Å². The molecule has 0 radical (unpaired) electrons. The molecule has 1 aliphatic rings. The third-order valence-electron chi connectivity index (χ3n) is 6.87. The molecule has 1 heterocycles. The van der Waals surface area contributed by atoms with Crippen LogP contribution in [0.5, 0.6) is 5.75 Å². The number of hydrogen-bond acceptors (Lipinski definition) is 4. The van der Waals surface area contributed by atoms with Gasteiger partial charge in [0.25, 0.3) is 5.91 Å². The molecule has 1 aliphatic carbocycles. The molecule has 1 N–H and O–H groups in total. The predicted octanol–water partition coefficient (Wildman–Crippen LogP) is 6.80. The molecule has 1 saturated carbocycles. The van der Waals surface area contributed by atoms with Gasteiger partial charge in [0.1, 0.15) is 5.75 Å². The molecule has 0 aliphatic heterocycles. The van der Waals surface area contributed by atoms with E-state index in [1.165, 1.54) is 44.6 Å². The molecule has 1 aromatic heterocycles. The van der Waals surface area contributed by atoms with Gasteiger partial charge in [0.15, 0.2) is 0 Å². The van der Waals surface area contributed by atoms with Gasteiger partial charge < -0.3 is 10.1 Å². The number of esters is 1. The Kier molecular flexibility index (Phi) is 7.08. The number of rotatable bonds is 6. The van der Waals surface area contributed by atoms with E-state index in [0.717, 1.165) is 11.1 Å². The van der Waals surface area contributed by atoms with Crippen LogP contribution in [-0.2, 0) is 11.3 Å². The quantitative estimate of drug-likeness (QED) is 0.244. The Morgan fingerprint density at radius 2 is 1.67 bits per heavy atom. The van der Waals surface area contributed by atoms with Crippen molar-refractivity contribution in [3.05, 3.63) is 95.6 Å². The van der Waals surface area contributed by atoms with E-state index in [9.17, 15) is 9.59 Å². The Bertz CT molecular complexity index is 1370. The first-order valence-corrected chi connectivity index (χ1v) is 12.6. The maximum atomic E-state index is 13.4. The molecule has 3 aromatic carbocycles. The number of nitrogens with one attached hydrogen (secondary N) is 1. The molecule has 0 saturated heterocycles. The number of fused-ring (bicyclic) bond motifs is 1. The van der Waals surface area contributed by atoms with Gasteiger partial charge in [0.05, 0.1) is 16.8 Å². The van der Waals surface area contributed by atoms with Gasteiger partial charge in [-0.1, -0.05) is 73.9 Å². The lowest BCUT2D eigenvalue weighted by Gasteiger charge is -2.22. The molecule has 0 spiro atoms. The van der Waals surface area contributed by atoms with Gasteiger partial charge in [0, 0.05) is 30.5 Å². The van der Waals surface area contributed by atoms with Gasteiger partial charge in [-0.15, -0.1) is 0 Å². The number of amides is 1. The van der Waals surface area contributed by atoms with Crippen LogP contribution < -0.4 is 10.1 Å². The van der Waals surface area contributed by atoms with E-state index < -0.39 is 5.97 Å². The summed E-state index contributed by atoms with van der Waals surface area (Å²) < 4.78 is 5.25. The molecule has 4 aromatic rings. The predicted molar refractivity (Wildman–Crippen MR) is 142 cm³/mol. The average Bonchev–Trinajstić information content (AvgIpc) is 2.92. The number of nitrogens with zero attached hydrogens (tertiary/aromatic N) is 1. The van der Waals surface area contributed by atoms with Crippen LogP contribution in [0.4, 0.5) is 0 Å². The maximum Gasteiger partial charge on any atom is 0.308 e. The van der Waals surface area contributed by atoms with Crippen molar-refractivity contribution in [2.45, 2.75) is 51.5 Å². The number of hydrogen-bond donors (Lipinski definition) is 1. The van der Waals surface area contributed by atoms with Crippen molar-refractivity contribution in [3.63, 3.8) is 0 Å². The molecule has 5 nitrogen and oxygen atoms in total. The van der Waals surface area contributed by atoms with E-state index in [1.807, 2.05) is 36.4 Å². The molecule has 182 valence electrons. The number of carbonyl (C=O) groups is 2. The van der Waals surface area contributed by atoms with Gasteiger partial charge in [-0.3, -0.25) is 9.59 Å². The van der Waals surface area contributed by atoms with E-state index in [2.05, 4.69) is 29.6 Å². The zero-order chi connectivity index (χ0) is 24.9. The van der Waals surface area contributed by atoms with E-state index in [1.54, 1.807) is 18.2 Å². The Morgan fingerprint density at radius 3 is 2.39 bits per heavy atom. The summed E-state index contributed by atoms with van der Waals surface area (Å²) in [6.07, 6.45) is 6.52. The van der Waals surface area contributed by atoms with Crippen LogP contribution >= 0.6 is 0 Å². The molecular weight excluding hydrogens is 448 g/mol. The number of benzene rings is 3. The summed E-state index contributed by atoms with van der Waals surface area (Å²) in [5.41, 5.74) is 5.20. The Morgan fingerprint density at radius 1 is 0.917 bits per heavy atom. The molecule has 1 amide bonds. The highest BCUT2D eigenvalue weighted by Gasteiger charge is 2.17. The Labute approximate surface area is 211 Å². The Balaban J connectivity index is 1.40. The molecule has 36 heavy (non-hydrogen) atoms. The summed E-state index contributed by atoms with van der Waals surface area (Å²) in [5.74, 6) is 0.494. The summed E-state index contributed by atoms with van der Waals surface area (Å²) in [6, 6.07) is 25.4. The molecule has 1 fully saturated rings. The summed E-state index contributed by atoms with van der Waals surface area (Å²) in [7, 11) is 0. The van der Waals surface area contributed by atoms with Crippen molar-refractivity contribution in [3.8, 4) is 17.0 Å². The first kappa shape index (κ1) is 23.7. The van der Waals surface area contributed by atoms with Crippen LogP contribution in [-0.4, -0.2) is 16.9 Å². The summed E-state index contributed by atoms with van der Waals surface area (Å²) >= 11 is 0. The van der Waals surface area contributed by atoms with Crippen LogP contribution in [0.2, 0.25) is 0 Å². The lowest BCUT2D eigenvalue weighted by atomic mass is 9.84. The smallest absolute Gasteiger partial charge is 0.308 e. The zero-order valence-corrected chi connectivity index (χ0v) is 20.5. The third kappa shape index (κ3) is 5.46. The highest BCUT2D eigenvalue weighted by molar-refractivity contribution is 6.07. The van der Waals surface area contributed by atoms with Crippen LogP contribution in [0.3, 0.4) is 0 Å². The van der Waals surface area contributed by atoms with E-state index in [4.69, 9.17) is 9.72 Å². The second-order valence-electron chi connectivity index (χ2n) is 9.45. The minimum atomic E-state index is -0.402. The summed E-state index contributed by atoms with van der Waals surface area (Å²) in [6.45, 7) is 1.80. The van der Waals surface area contributed by atoms with Crippen molar-refractivity contribution in [1.29, 1.82) is 0 Å². The largest absolute Gasteiger partial charge is 0.427 e. The second-order valence-corrected chi connectivity index (χ2v) is 9.45. The fraction of sp³-hybridized carbons (Fsp3) is 0.258. The van der Waals surface area contributed by atoms with Gasteiger partial charge >= 0.3 is 5.97 Å². The van der Waals surface area contributed by atoms with Gasteiger partial charge in [-0.2, -0.15) is 0 Å². The number of carbonyl (C=O) groups excluding carboxylic acids is 2. The molecule has 0 bridgehead atoms. The third-order valence-corrected chi connectivity index (χ3v) is 6.87. The lowest BCUT2D eigenvalue weighted by molar-refractivity contribution is -0.131. The molecule has 5 rings (SSSR count). The minimum Gasteiger partial charge on any atom is -0.427 e. The molecular formula is C31H30N2O3. The van der Waals surface area contributed by atoms with Gasteiger partial charge in [0.2, 0.25) is 0 Å². The van der Waals surface area contributed by atoms with Crippen molar-refractivity contribution >= 4 is 22.8 Å². The topological polar surface area (TPSA) is 68.3 Å². The SMILES string of the molecule is CC(=O)Oc1ccc2c(C(=O)NCc3ccc(C4CCCCC4)cc3)cc(-c3ccccc3)nc2c1. The zero-order valence-electron chi connectivity index (χ0n) is 20.5. The normalized spacial score (nSPS) is 13.9. The van der Waals surface area contributed by atoms with Crippen LogP contribution in [0, 0.1) is 0 Å². The fourth-order valence-electron chi connectivity index (χ4n) is 5.00. The van der Waals surface area contributed by atoms with E-state index in [0.29, 0.717) is 40.4 Å². The average molecular weight is 479 g/mol. The lowest BCUT2D eigenvalue weighted by Crippen LogP contribution is -2.23. The van der Waals surface area contributed by atoms with Crippen molar-refractivity contribution in [2.24, 2.45) is 0 Å². The van der Waals surface area contributed by atoms with Crippen LogP contribution in [0.1, 0.15) is 66.4 Å². The summed E-state index contributed by atoms with van der Waals surface area (Å²) in [5, 5.41) is 3.78. The van der Waals surface area contributed by atoms with Crippen molar-refractivity contribution < 1.29 is 14.3 Å². The first-order valence-electron chi connectivity index (χ1n) is 12.6. The molecule has 5 heteroatoms. The van der Waals surface area contributed by atoms with E-state index in [-0.39, 0.29) is 5.91 Å². The monoisotopic (exact) mass is 478 g/mol. The van der Waals surface area contributed by atoms with Crippen LogP contribution in [0.15, 0.2) is 78.9 Å². The van der Waals surface area contributed by atoms with Crippen LogP contribution in [0.25, 0.3) is 22.2 Å². The maximum absolute atomic E-state index is 13.4. The summed E-state index contributed by atoms with van der Waals surface area (Å²) in [4.78, 5) is 29.6. The van der Waals surface area contributed by atoms with E-state index >= 15 is 0 Å². The van der Waals surface area contributed by atoms with Gasteiger partial charge in [-0.05, 0) is 48.1 Å². The standard InChI is InChI=1S/C31H30N2O3/c1-21(34)36-26-16-17-27-28(19-29(33-30(27)18-26)25-10-6-3-7-11-25)31(35)32-20-22-12-14-24(15-13-22)23-8-4-2-5-9-23/h3,6-7,10-19,23H,2,4-5,8-9,20H2,1H3,(H,32,35). The number of aromatic nitrogens is 1. The number of pyridine rings is 1. The van der Waals surface area contributed by atoms with Crippen molar-refractivity contribution in [2.75, 3.05) is 0 Å². The first-order chi connectivity index (χ1) is 17.6. The Hall–Kier alpha value is -3.99. The molecule has 0 unspecified atom stereocenters. The minimum absolute atomic E-state index is 0.170. The fourth-order valence-corrected chi connectivity index (χ4v) is 5.00. The second kappa shape index (κ2) is 10.7. The number of ether oxygens (including phenoxy) is 1. The highest BCUT2D eigenvalue weighted by atomic mass is 16.5. The van der Waals surface area contributed by atoms with Gasteiger partial charge in [-0.25, -0.2) is 4.98 Å². The highest BCUT2D eigenvalue weighted by Crippen LogP contribution is 2.32. The molecule has 0 atom stereocenters.